The third kappa shape index (κ3) is 3.37. The molecule has 2 heteroatoms. The second-order valence-corrected chi connectivity index (χ2v) is 4.01. The van der Waals surface area contributed by atoms with Crippen molar-refractivity contribution in [1.82, 2.24) is 0 Å². The molecule has 72 valence electrons. The highest BCUT2D eigenvalue weighted by molar-refractivity contribution is 6.31. The van der Waals surface area contributed by atoms with E-state index in [1.165, 1.54) is 5.56 Å². The number of hydrogen-bond donors (Lipinski definition) is 1. The summed E-state index contributed by atoms with van der Waals surface area (Å²) in [5.74, 6) is 0. The van der Waals surface area contributed by atoms with Crippen LogP contribution in [0.2, 0.25) is 5.02 Å². The van der Waals surface area contributed by atoms with Crippen LogP contribution >= 0.6 is 11.6 Å². The molecule has 1 aromatic rings. The summed E-state index contributed by atoms with van der Waals surface area (Å²) < 4.78 is 0. The molecule has 0 saturated heterocycles. The van der Waals surface area contributed by atoms with Crippen LogP contribution in [0.1, 0.15) is 24.5 Å². The minimum Gasteiger partial charge on any atom is -0.328 e. The standard InChI is InChI=1S/C11H16ClN/c1-8-3-5-10(7-11(8)12)6-4-9(2)13/h3,5,7,9H,4,6,13H2,1-2H3/t9-/m0/s1. The molecule has 1 aromatic carbocycles. The highest BCUT2D eigenvalue weighted by atomic mass is 35.5. The number of nitrogens with two attached hydrogens (primary N) is 1. The Balaban J connectivity index is 2.63. The van der Waals surface area contributed by atoms with Gasteiger partial charge in [-0.3, -0.25) is 0 Å². The fraction of sp³-hybridized carbons (Fsp3) is 0.455. The molecule has 2 N–H and O–H groups in total. The predicted octanol–water partition coefficient (Wildman–Crippen LogP) is 2.93. The Hall–Kier alpha value is -0.530. The average Bonchev–Trinajstić information content (AvgIpc) is 2.07. The van der Waals surface area contributed by atoms with Gasteiger partial charge in [-0.05, 0) is 43.9 Å². The number of halogens is 1. The lowest BCUT2D eigenvalue weighted by atomic mass is 10.1. The minimum absolute atomic E-state index is 0.264. The number of hydrogen-bond acceptors (Lipinski definition) is 1. The predicted molar refractivity (Wildman–Crippen MR) is 58.2 cm³/mol. The van der Waals surface area contributed by atoms with Crippen molar-refractivity contribution in [2.24, 2.45) is 5.73 Å². The van der Waals surface area contributed by atoms with Gasteiger partial charge in [0.15, 0.2) is 0 Å². The van der Waals surface area contributed by atoms with Gasteiger partial charge in [0.2, 0.25) is 0 Å². The first-order valence-corrected chi connectivity index (χ1v) is 4.98. The first kappa shape index (κ1) is 10.6. The minimum atomic E-state index is 0.264. The van der Waals surface area contributed by atoms with Crippen LogP contribution in [0.5, 0.6) is 0 Å². The Morgan fingerprint density at radius 1 is 1.46 bits per heavy atom. The summed E-state index contributed by atoms with van der Waals surface area (Å²) in [4.78, 5) is 0. The normalized spacial score (nSPS) is 12.9. The highest BCUT2D eigenvalue weighted by Gasteiger charge is 1.99. The lowest BCUT2D eigenvalue weighted by Gasteiger charge is -2.06. The molecule has 0 bridgehead atoms. The van der Waals surface area contributed by atoms with Crippen molar-refractivity contribution in [2.45, 2.75) is 32.7 Å². The van der Waals surface area contributed by atoms with E-state index in [9.17, 15) is 0 Å². The van der Waals surface area contributed by atoms with Crippen LogP contribution in [0.3, 0.4) is 0 Å². The van der Waals surface area contributed by atoms with Crippen molar-refractivity contribution in [3.8, 4) is 0 Å². The zero-order chi connectivity index (χ0) is 9.84. The molecule has 1 atom stereocenters. The molecule has 1 rings (SSSR count). The Morgan fingerprint density at radius 2 is 2.15 bits per heavy atom. The SMILES string of the molecule is Cc1ccc(CC[C@H](C)N)cc1Cl. The second-order valence-electron chi connectivity index (χ2n) is 3.60. The van der Waals surface area contributed by atoms with E-state index in [-0.39, 0.29) is 6.04 Å². The molecule has 13 heavy (non-hydrogen) atoms. The molecule has 0 radical (unpaired) electrons. The van der Waals surface area contributed by atoms with Crippen molar-refractivity contribution < 1.29 is 0 Å². The second kappa shape index (κ2) is 4.64. The molecule has 0 aliphatic heterocycles. The maximum Gasteiger partial charge on any atom is 0.0437 e. The first-order valence-electron chi connectivity index (χ1n) is 4.60. The van der Waals surface area contributed by atoms with Gasteiger partial charge in [0.1, 0.15) is 0 Å². The molecule has 0 heterocycles. The lowest BCUT2D eigenvalue weighted by molar-refractivity contribution is 0.666. The van der Waals surface area contributed by atoms with Crippen molar-refractivity contribution in [1.29, 1.82) is 0 Å². The van der Waals surface area contributed by atoms with Crippen molar-refractivity contribution in [2.75, 3.05) is 0 Å². The quantitative estimate of drug-likeness (QED) is 0.793. The molecule has 0 aliphatic carbocycles. The van der Waals surface area contributed by atoms with Crippen LogP contribution in [0.4, 0.5) is 0 Å². The molecule has 0 aromatic heterocycles. The van der Waals surface area contributed by atoms with E-state index in [2.05, 4.69) is 12.1 Å². The Labute approximate surface area is 84.9 Å². The molecule has 1 nitrogen and oxygen atoms in total. The van der Waals surface area contributed by atoms with E-state index in [0.29, 0.717) is 0 Å². The van der Waals surface area contributed by atoms with Crippen LogP contribution in [-0.4, -0.2) is 6.04 Å². The first-order chi connectivity index (χ1) is 6.09. The molecular weight excluding hydrogens is 182 g/mol. The van der Waals surface area contributed by atoms with Gasteiger partial charge >= 0.3 is 0 Å². The maximum absolute atomic E-state index is 6.00. The van der Waals surface area contributed by atoms with E-state index in [1.807, 2.05) is 19.9 Å². The van der Waals surface area contributed by atoms with E-state index in [0.717, 1.165) is 23.4 Å². The van der Waals surface area contributed by atoms with Gasteiger partial charge in [-0.25, -0.2) is 0 Å². The molecule has 0 unspecified atom stereocenters. The van der Waals surface area contributed by atoms with E-state index < -0.39 is 0 Å². The summed E-state index contributed by atoms with van der Waals surface area (Å²) >= 11 is 6.00. The van der Waals surface area contributed by atoms with Gasteiger partial charge < -0.3 is 5.73 Å². The topological polar surface area (TPSA) is 26.0 Å². The van der Waals surface area contributed by atoms with Gasteiger partial charge in [-0.15, -0.1) is 0 Å². The zero-order valence-corrected chi connectivity index (χ0v) is 8.93. The molecule has 0 spiro atoms. The number of benzene rings is 1. The maximum atomic E-state index is 6.00. The number of aryl methyl sites for hydroxylation is 2. The highest BCUT2D eigenvalue weighted by Crippen LogP contribution is 2.17. The molecule has 0 saturated carbocycles. The molecular formula is C11H16ClN. The van der Waals surface area contributed by atoms with Gasteiger partial charge in [-0.2, -0.15) is 0 Å². The third-order valence-electron chi connectivity index (χ3n) is 2.12. The third-order valence-corrected chi connectivity index (χ3v) is 2.53. The summed E-state index contributed by atoms with van der Waals surface area (Å²) in [6.45, 7) is 4.04. The lowest BCUT2D eigenvalue weighted by Crippen LogP contribution is -2.15. The summed E-state index contributed by atoms with van der Waals surface area (Å²) in [5.41, 5.74) is 8.08. The smallest absolute Gasteiger partial charge is 0.0437 e. The van der Waals surface area contributed by atoms with Crippen molar-refractivity contribution in [3.05, 3.63) is 34.3 Å². The summed E-state index contributed by atoms with van der Waals surface area (Å²) in [6, 6.07) is 6.46. The van der Waals surface area contributed by atoms with Crippen LogP contribution in [0.15, 0.2) is 18.2 Å². The Kier molecular flexibility index (Phi) is 3.76. The van der Waals surface area contributed by atoms with Crippen LogP contribution in [0, 0.1) is 6.92 Å². The van der Waals surface area contributed by atoms with Crippen LogP contribution in [-0.2, 0) is 6.42 Å². The summed E-state index contributed by atoms with van der Waals surface area (Å²) in [5, 5.41) is 0.849. The fourth-order valence-corrected chi connectivity index (χ4v) is 1.39. The fourth-order valence-electron chi connectivity index (χ4n) is 1.19. The molecule has 0 amide bonds. The van der Waals surface area contributed by atoms with Gasteiger partial charge in [-0.1, -0.05) is 23.7 Å². The van der Waals surface area contributed by atoms with Crippen LogP contribution in [0.25, 0.3) is 0 Å². The Bertz CT molecular complexity index is 281. The van der Waals surface area contributed by atoms with Gasteiger partial charge in [0.05, 0.1) is 0 Å². The van der Waals surface area contributed by atoms with Gasteiger partial charge in [0.25, 0.3) is 0 Å². The monoisotopic (exact) mass is 197 g/mol. The van der Waals surface area contributed by atoms with E-state index in [4.69, 9.17) is 17.3 Å². The number of rotatable bonds is 3. The average molecular weight is 198 g/mol. The van der Waals surface area contributed by atoms with Crippen molar-refractivity contribution in [3.63, 3.8) is 0 Å². The van der Waals surface area contributed by atoms with E-state index in [1.54, 1.807) is 0 Å². The molecule has 0 fully saturated rings. The Morgan fingerprint density at radius 3 is 2.69 bits per heavy atom. The van der Waals surface area contributed by atoms with Crippen LogP contribution < -0.4 is 5.73 Å². The zero-order valence-electron chi connectivity index (χ0n) is 8.18. The largest absolute Gasteiger partial charge is 0.328 e. The van der Waals surface area contributed by atoms with Crippen molar-refractivity contribution >= 4 is 11.6 Å². The summed E-state index contributed by atoms with van der Waals surface area (Å²) in [7, 11) is 0. The molecule has 0 aliphatic rings. The summed E-state index contributed by atoms with van der Waals surface area (Å²) in [6.07, 6.45) is 2.02. The van der Waals surface area contributed by atoms with E-state index >= 15 is 0 Å². The van der Waals surface area contributed by atoms with Gasteiger partial charge in [0, 0.05) is 11.1 Å².